The van der Waals surface area contributed by atoms with Gasteiger partial charge in [-0.1, -0.05) is 6.07 Å². The number of nitrogens with zero attached hydrogens (tertiary/aromatic N) is 2. The number of rotatable bonds is 3. The molecule has 0 aromatic carbocycles. The maximum Gasteiger partial charge on any atom is 0.231 e. The second-order valence-corrected chi connectivity index (χ2v) is 6.08. The average molecular weight is 301 g/mol. The van der Waals surface area contributed by atoms with Gasteiger partial charge in [-0.2, -0.15) is 0 Å². The van der Waals surface area contributed by atoms with Crippen LogP contribution in [0.4, 0.5) is 10.2 Å². The van der Waals surface area contributed by atoms with Gasteiger partial charge in [-0.05, 0) is 30.0 Å². The van der Waals surface area contributed by atoms with Gasteiger partial charge >= 0.3 is 0 Å². The van der Waals surface area contributed by atoms with Gasteiger partial charge in [0, 0.05) is 16.6 Å². The van der Waals surface area contributed by atoms with Crippen molar-refractivity contribution < 1.29 is 9.18 Å². The van der Waals surface area contributed by atoms with E-state index < -0.39 is 12.1 Å². The molecule has 4 nitrogen and oxygen atoms in total. The number of hydrogen-bond donors (Lipinski definition) is 1. The van der Waals surface area contributed by atoms with Crippen molar-refractivity contribution in [3.8, 4) is 10.4 Å². The first-order chi connectivity index (χ1) is 10.2. The number of carbonyl (C=O) groups is 1. The molecule has 3 heterocycles. The van der Waals surface area contributed by atoms with Gasteiger partial charge in [0.1, 0.15) is 11.8 Å². The average Bonchev–Trinajstić information content (AvgIpc) is 2.92. The number of amides is 1. The minimum atomic E-state index is -0.993. The minimum Gasteiger partial charge on any atom is -0.309 e. The fraction of sp³-hybridized carbons (Fsp3) is 0.200. The zero-order chi connectivity index (χ0) is 14.4. The van der Waals surface area contributed by atoms with Gasteiger partial charge in [0.25, 0.3) is 0 Å². The van der Waals surface area contributed by atoms with Crippen LogP contribution in [-0.2, 0) is 4.79 Å². The van der Waals surface area contributed by atoms with Crippen LogP contribution in [0.15, 0.2) is 42.0 Å². The summed E-state index contributed by atoms with van der Waals surface area (Å²) >= 11 is 1.67. The third kappa shape index (κ3) is 2.31. The standard InChI is InChI=1S/C15H12FN3OS/c16-11-6-10(11)15(20)18-13-8-19-7-9(3-4-14(19)17-13)12-2-1-5-21-12/h1-5,7-8,10-11H,6H2,(H,18,20). The van der Waals surface area contributed by atoms with Crippen molar-refractivity contribution in [2.75, 3.05) is 5.32 Å². The Kier molecular flexibility index (Phi) is 2.78. The monoisotopic (exact) mass is 301 g/mol. The first kappa shape index (κ1) is 12.5. The Morgan fingerprint density at radius 3 is 2.95 bits per heavy atom. The zero-order valence-electron chi connectivity index (χ0n) is 11.0. The van der Waals surface area contributed by atoms with Crippen LogP contribution in [0.5, 0.6) is 0 Å². The van der Waals surface area contributed by atoms with Crippen LogP contribution in [0.25, 0.3) is 16.1 Å². The van der Waals surface area contributed by atoms with E-state index in [4.69, 9.17) is 0 Å². The van der Waals surface area contributed by atoms with E-state index in [0.717, 1.165) is 11.2 Å². The molecule has 1 amide bonds. The molecule has 21 heavy (non-hydrogen) atoms. The summed E-state index contributed by atoms with van der Waals surface area (Å²) in [6.45, 7) is 0. The van der Waals surface area contributed by atoms with Crippen LogP contribution in [0, 0.1) is 5.92 Å². The number of fused-ring (bicyclic) bond motifs is 1. The maximum atomic E-state index is 12.9. The number of alkyl halides is 1. The summed E-state index contributed by atoms with van der Waals surface area (Å²) in [7, 11) is 0. The summed E-state index contributed by atoms with van der Waals surface area (Å²) in [6, 6.07) is 7.96. The highest BCUT2D eigenvalue weighted by molar-refractivity contribution is 7.13. The SMILES string of the molecule is O=C(Nc1cn2cc(-c3cccs3)ccc2n1)C1CC1F. The molecule has 4 rings (SSSR count). The Morgan fingerprint density at radius 2 is 2.24 bits per heavy atom. The van der Waals surface area contributed by atoms with Gasteiger partial charge < -0.3 is 9.72 Å². The van der Waals surface area contributed by atoms with E-state index in [1.165, 1.54) is 4.88 Å². The number of nitrogens with one attached hydrogen (secondary N) is 1. The quantitative estimate of drug-likeness (QED) is 0.806. The maximum absolute atomic E-state index is 12.9. The number of aromatic nitrogens is 2. The van der Waals surface area contributed by atoms with Crippen molar-refractivity contribution in [1.82, 2.24) is 9.38 Å². The van der Waals surface area contributed by atoms with Crippen molar-refractivity contribution in [1.29, 1.82) is 0 Å². The Labute approximate surface area is 124 Å². The van der Waals surface area contributed by atoms with Crippen molar-refractivity contribution >= 4 is 28.7 Å². The van der Waals surface area contributed by atoms with E-state index in [-0.39, 0.29) is 5.91 Å². The number of anilines is 1. The van der Waals surface area contributed by atoms with Crippen LogP contribution < -0.4 is 5.32 Å². The van der Waals surface area contributed by atoms with E-state index in [9.17, 15) is 9.18 Å². The minimum absolute atomic E-state index is 0.288. The first-order valence-electron chi connectivity index (χ1n) is 6.68. The third-order valence-electron chi connectivity index (χ3n) is 3.56. The normalized spacial score (nSPS) is 20.6. The summed E-state index contributed by atoms with van der Waals surface area (Å²) in [5.41, 5.74) is 1.84. The highest BCUT2D eigenvalue weighted by atomic mass is 32.1. The lowest BCUT2D eigenvalue weighted by Gasteiger charge is -1.98. The van der Waals surface area contributed by atoms with Gasteiger partial charge in [0.05, 0.1) is 12.1 Å². The van der Waals surface area contributed by atoms with E-state index in [0.29, 0.717) is 12.2 Å². The van der Waals surface area contributed by atoms with Crippen LogP contribution in [-0.4, -0.2) is 21.5 Å². The van der Waals surface area contributed by atoms with Crippen molar-refractivity contribution in [3.63, 3.8) is 0 Å². The van der Waals surface area contributed by atoms with Gasteiger partial charge in [-0.3, -0.25) is 4.79 Å². The summed E-state index contributed by atoms with van der Waals surface area (Å²) in [4.78, 5) is 17.2. The Balaban J connectivity index is 1.62. The van der Waals surface area contributed by atoms with E-state index in [2.05, 4.69) is 16.4 Å². The smallest absolute Gasteiger partial charge is 0.231 e. The van der Waals surface area contributed by atoms with Gasteiger partial charge in [0.15, 0.2) is 5.82 Å². The predicted octanol–water partition coefficient (Wildman–Crippen LogP) is 3.36. The Morgan fingerprint density at radius 1 is 1.38 bits per heavy atom. The van der Waals surface area contributed by atoms with Crippen molar-refractivity contribution in [2.45, 2.75) is 12.6 Å². The zero-order valence-corrected chi connectivity index (χ0v) is 11.8. The molecule has 0 radical (unpaired) electrons. The molecule has 1 saturated carbocycles. The second kappa shape index (κ2) is 4.66. The molecule has 0 spiro atoms. The highest BCUT2D eigenvalue weighted by Crippen LogP contribution is 2.34. The first-order valence-corrected chi connectivity index (χ1v) is 7.56. The Hall–Kier alpha value is -2.21. The Bertz CT molecular complexity index is 812. The van der Waals surface area contributed by atoms with Gasteiger partial charge in [0.2, 0.25) is 5.91 Å². The molecular weight excluding hydrogens is 289 g/mol. The molecule has 106 valence electrons. The molecule has 3 aromatic rings. The van der Waals surface area contributed by atoms with Gasteiger partial charge in [-0.15, -0.1) is 11.3 Å². The van der Waals surface area contributed by atoms with E-state index in [1.807, 2.05) is 34.2 Å². The number of pyridine rings is 1. The summed E-state index contributed by atoms with van der Waals surface area (Å²) in [5, 5.41) is 4.70. The number of imidazole rings is 1. The molecule has 0 aliphatic heterocycles. The van der Waals surface area contributed by atoms with Crippen LogP contribution in [0.1, 0.15) is 6.42 Å². The van der Waals surface area contributed by atoms with Crippen LogP contribution in [0.3, 0.4) is 0 Å². The number of halogens is 1. The molecule has 1 fully saturated rings. The molecular formula is C15H12FN3OS. The third-order valence-corrected chi connectivity index (χ3v) is 4.48. The molecule has 0 bridgehead atoms. The fourth-order valence-corrected chi connectivity index (χ4v) is 3.01. The predicted molar refractivity (Wildman–Crippen MR) is 80.1 cm³/mol. The van der Waals surface area contributed by atoms with Crippen LogP contribution >= 0.6 is 11.3 Å². The highest BCUT2D eigenvalue weighted by Gasteiger charge is 2.43. The number of thiophene rings is 1. The lowest BCUT2D eigenvalue weighted by atomic mass is 10.2. The molecule has 1 aliphatic rings. The van der Waals surface area contributed by atoms with Crippen LogP contribution in [0.2, 0.25) is 0 Å². The van der Waals surface area contributed by atoms with E-state index in [1.54, 1.807) is 17.5 Å². The molecule has 3 aromatic heterocycles. The molecule has 2 unspecified atom stereocenters. The molecule has 6 heteroatoms. The number of hydrogen-bond acceptors (Lipinski definition) is 3. The largest absolute Gasteiger partial charge is 0.309 e. The van der Waals surface area contributed by atoms with Crippen molar-refractivity contribution in [3.05, 3.63) is 42.0 Å². The molecule has 2 atom stereocenters. The second-order valence-electron chi connectivity index (χ2n) is 5.13. The van der Waals surface area contributed by atoms with Crippen molar-refractivity contribution in [2.24, 2.45) is 5.92 Å². The molecule has 0 saturated heterocycles. The fourth-order valence-electron chi connectivity index (χ4n) is 2.29. The van der Waals surface area contributed by atoms with Gasteiger partial charge in [-0.25, -0.2) is 9.37 Å². The lowest BCUT2D eigenvalue weighted by Crippen LogP contribution is -2.15. The van der Waals surface area contributed by atoms with E-state index >= 15 is 0 Å². The topological polar surface area (TPSA) is 46.4 Å². The lowest BCUT2D eigenvalue weighted by molar-refractivity contribution is -0.117. The summed E-state index contributed by atoms with van der Waals surface area (Å²) in [5.74, 6) is -0.330. The molecule has 1 N–H and O–H groups in total. The number of carbonyl (C=O) groups excluding carboxylic acids is 1. The molecule has 1 aliphatic carbocycles. The summed E-state index contributed by atoms with van der Waals surface area (Å²) in [6.07, 6.45) is 3.05. The summed E-state index contributed by atoms with van der Waals surface area (Å²) < 4.78 is 14.7.